The van der Waals surface area contributed by atoms with Gasteiger partial charge >= 0.3 is 5.97 Å². The van der Waals surface area contributed by atoms with E-state index in [1.807, 2.05) is 0 Å². The Balaban J connectivity index is 1.60. The second-order valence-corrected chi connectivity index (χ2v) is 8.48. The number of benzene rings is 2. The number of nitrogens with zero attached hydrogens (tertiary/aromatic N) is 1. The van der Waals surface area contributed by atoms with E-state index in [0.29, 0.717) is 10.6 Å². The van der Waals surface area contributed by atoms with Crippen molar-refractivity contribution in [2.45, 2.75) is 37.6 Å². The van der Waals surface area contributed by atoms with Crippen molar-refractivity contribution in [3.63, 3.8) is 0 Å². The van der Waals surface area contributed by atoms with Gasteiger partial charge in [0.05, 0.1) is 12.7 Å². The van der Waals surface area contributed by atoms with E-state index in [1.54, 1.807) is 31.4 Å². The van der Waals surface area contributed by atoms with E-state index < -0.39 is 0 Å². The van der Waals surface area contributed by atoms with Gasteiger partial charge in [-0.2, -0.15) is 0 Å². The first-order valence-corrected chi connectivity index (χ1v) is 10.3. The summed E-state index contributed by atoms with van der Waals surface area (Å²) in [7, 11) is 3.85. The van der Waals surface area contributed by atoms with E-state index in [9.17, 15) is 4.79 Å². The molecule has 29 heavy (non-hydrogen) atoms. The standard InChI is InChI=1S/C24H26ClNO3/c1-16-14-18(6-9-21(16)28-3)24-11-10-20(15-22(24)26(2)13-12-24)29-23(27)17-4-7-19(25)8-5-17/h4-9,14-15,22H,10-13H2,1-3H3. The van der Waals surface area contributed by atoms with Gasteiger partial charge in [0.25, 0.3) is 0 Å². The Morgan fingerprint density at radius 3 is 2.62 bits per heavy atom. The molecule has 1 heterocycles. The number of allylic oxidation sites excluding steroid dienone is 1. The number of rotatable bonds is 4. The van der Waals surface area contributed by atoms with Crippen molar-refractivity contribution >= 4 is 17.6 Å². The highest BCUT2D eigenvalue weighted by Gasteiger charge is 2.48. The average molecular weight is 412 g/mol. The summed E-state index contributed by atoms with van der Waals surface area (Å²) in [5.41, 5.74) is 3.04. The summed E-state index contributed by atoms with van der Waals surface area (Å²) in [6.45, 7) is 3.11. The van der Waals surface area contributed by atoms with E-state index in [-0.39, 0.29) is 17.4 Å². The van der Waals surface area contributed by atoms with Gasteiger partial charge in [-0.05, 0) is 80.9 Å². The van der Waals surface area contributed by atoms with Crippen LogP contribution in [0.5, 0.6) is 5.75 Å². The van der Waals surface area contributed by atoms with Crippen LogP contribution in [-0.4, -0.2) is 37.6 Å². The van der Waals surface area contributed by atoms with Gasteiger partial charge in [0.1, 0.15) is 11.5 Å². The third-order valence-electron chi connectivity index (χ3n) is 6.39. The highest BCUT2D eigenvalue weighted by Crippen LogP contribution is 2.48. The molecule has 0 radical (unpaired) electrons. The number of carbonyl (C=O) groups is 1. The molecule has 0 N–H and O–H groups in total. The Hall–Kier alpha value is -2.30. The number of methoxy groups -OCH3 is 1. The van der Waals surface area contributed by atoms with E-state index in [1.165, 1.54) is 5.56 Å². The lowest BCUT2D eigenvalue weighted by atomic mass is 9.68. The number of aryl methyl sites for hydroxylation is 1. The summed E-state index contributed by atoms with van der Waals surface area (Å²) in [5, 5.41) is 0.602. The number of likely N-dealkylation sites (N-methyl/N-ethyl adjacent to an activating group) is 1. The molecule has 1 aliphatic heterocycles. The molecule has 0 spiro atoms. The predicted octanol–water partition coefficient (Wildman–Crippen LogP) is 5.13. The summed E-state index contributed by atoms with van der Waals surface area (Å²) in [6, 6.07) is 13.5. The van der Waals surface area contributed by atoms with Crippen LogP contribution in [0, 0.1) is 6.92 Å². The first kappa shape index (κ1) is 20.0. The zero-order chi connectivity index (χ0) is 20.6. The maximum atomic E-state index is 12.5. The molecule has 152 valence electrons. The Bertz CT molecular complexity index is 953. The number of hydrogen-bond donors (Lipinski definition) is 0. The molecule has 5 heteroatoms. The second kappa shape index (κ2) is 7.85. The molecule has 1 fully saturated rings. The molecule has 0 bridgehead atoms. The number of fused-ring (bicyclic) bond motifs is 1. The lowest BCUT2D eigenvalue weighted by molar-refractivity contribution is 0.0593. The van der Waals surface area contributed by atoms with Gasteiger partial charge in [-0.25, -0.2) is 4.79 Å². The summed E-state index contributed by atoms with van der Waals surface area (Å²) in [5.74, 6) is 1.34. The fourth-order valence-corrected chi connectivity index (χ4v) is 4.87. The lowest BCUT2D eigenvalue weighted by Gasteiger charge is -2.40. The van der Waals surface area contributed by atoms with Gasteiger partial charge in [0, 0.05) is 22.9 Å². The predicted molar refractivity (Wildman–Crippen MR) is 115 cm³/mol. The molecule has 1 aliphatic carbocycles. The third kappa shape index (κ3) is 3.67. The maximum Gasteiger partial charge on any atom is 0.343 e. The lowest BCUT2D eigenvalue weighted by Crippen LogP contribution is -2.42. The van der Waals surface area contributed by atoms with Crippen molar-refractivity contribution < 1.29 is 14.3 Å². The fourth-order valence-electron chi connectivity index (χ4n) is 4.75. The summed E-state index contributed by atoms with van der Waals surface area (Å²) >= 11 is 5.91. The van der Waals surface area contributed by atoms with Crippen LogP contribution < -0.4 is 4.74 Å². The van der Waals surface area contributed by atoms with Crippen molar-refractivity contribution in [2.75, 3.05) is 20.7 Å². The smallest absolute Gasteiger partial charge is 0.343 e. The normalized spacial score (nSPS) is 24.0. The van der Waals surface area contributed by atoms with Gasteiger partial charge in [0.15, 0.2) is 0 Å². The van der Waals surface area contributed by atoms with Crippen LogP contribution in [-0.2, 0) is 10.2 Å². The molecule has 2 atom stereocenters. The van der Waals surface area contributed by atoms with Gasteiger partial charge in [0.2, 0.25) is 0 Å². The van der Waals surface area contributed by atoms with Gasteiger partial charge < -0.3 is 9.47 Å². The van der Waals surface area contributed by atoms with Crippen LogP contribution >= 0.6 is 11.6 Å². The number of esters is 1. The van der Waals surface area contributed by atoms with Crippen molar-refractivity contribution in [1.82, 2.24) is 4.90 Å². The minimum Gasteiger partial charge on any atom is -0.496 e. The van der Waals surface area contributed by atoms with E-state index >= 15 is 0 Å². The Kier molecular flexibility index (Phi) is 5.41. The van der Waals surface area contributed by atoms with E-state index in [0.717, 1.165) is 42.9 Å². The van der Waals surface area contributed by atoms with Crippen molar-refractivity contribution in [3.05, 3.63) is 76.0 Å². The molecule has 0 saturated carbocycles. The van der Waals surface area contributed by atoms with Crippen LogP contribution in [0.4, 0.5) is 0 Å². The number of halogens is 1. The summed E-state index contributed by atoms with van der Waals surface area (Å²) in [6.07, 6.45) is 4.93. The summed E-state index contributed by atoms with van der Waals surface area (Å²) in [4.78, 5) is 14.9. The minimum absolute atomic E-state index is 0.0436. The van der Waals surface area contributed by atoms with Crippen LogP contribution in [0.1, 0.15) is 40.7 Å². The second-order valence-electron chi connectivity index (χ2n) is 8.05. The Labute approximate surface area is 177 Å². The monoisotopic (exact) mass is 411 g/mol. The van der Waals surface area contributed by atoms with Gasteiger partial charge in [-0.15, -0.1) is 0 Å². The van der Waals surface area contributed by atoms with Crippen molar-refractivity contribution in [3.8, 4) is 5.75 Å². The molecule has 4 rings (SSSR count). The van der Waals surface area contributed by atoms with Crippen LogP contribution in [0.3, 0.4) is 0 Å². The summed E-state index contributed by atoms with van der Waals surface area (Å²) < 4.78 is 11.2. The molecule has 2 aromatic carbocycles. The number of likely N-dealkylation sites (tertiary alicyclic amines) is 1. The first-order chi connectivity index (χ1) is 13.9. The third-order valence-corrected chi connectivity index (χ3v) is 6.64. The molecular weight excluding hydrogens is 386 g/mol. The van der Waals surface area contributed by atoms with Crippen molar-refractivity contribution in [1.29, 1.82) is 0 Å². The fraction of sp³-hybridized carbons (Fsp3) is 0.375. The quantitative estimate of drug-likeness (QED) is 0.653. The van der Waals surface area contributed by atoms with Gasteiger partial charge in [-0.1, -0.05) is 23.7 Å². The number of carbonyl (C=O) groups excluding carboxylic acids is 1. The first-order valence-electron chi connectivity index (χ1n) is 9.97. The Morgan fingerprint density at radius 2 is 1.93 bits per heavy atom. The number of hydrogen-bond acceptors (Lipinski definition) is 4. The topological polar surface area (TPSA) is 38.8 Å². The molecule has 2 unspecified atom stereocenters. The Morgan fingerprint density at radius 1 is 1.17 bits per heavy atom. The molecule has 1 saturated heterocycles. The maximum absolute atomic E-state index is 12.5. The molecule has 0 aromatic heterocycles. The molecule has 2 aromatic rings. The molecule has 0 amide bonds. The highest BCUT2D eigenvalue weighted by molar-refractivity contribution is 6.30. The van der Waals surface area contributed by atoms with E-state index in [4.69, 9.17) is 21.1 Å². The SMILES string of the molecule is COc1ccc(C23CCC(OC(=O)c4ccc(Cl)cc4)=CC2N(C)CC3)cc1C. The zero-order valence-corrected chi connectivity index (χ0v) is 17.8. The van der Waals surface area contributed by atoms with Crippen LogP contribution in [0.2, 0.25) is 5.02 Å². The van der Waals surface area contributed by atoms with Crippen molar-refractivity contribution in [2.24, 2.45) is 0 Å². The van der Waals surface area contributed by atoms with Crippen LogP contribution in [0.25, 0.3) is 0 Å². The zero-order valence-electron chi connectivity index (χ0n) is 17.1. The average Bonchev–Trinajstić information content (AvgIpc) is 3.06. The molecular formula is C24H26ClNO3. The molecule has 4 nitrogen and oxygen atoms in total. The molecule has 2 aliphatic rings. The van der Waals surface area contributed by atoms with E-state index in [2.05, 4.69) is 43.1 Å². The number of ether oxygens (including phenoxy) is 2. The largest absolute Gasteiger partial charge is 0.496 e. The highest BCUT2D eigenvalue weighted by atomic mass is 35.5. The minimum atomic E-state index is -0.332. The van der Waals surface area contributed by atoms with Gasteiger partial charge in [-0.3, -0.25) is 4.90 Å². The van der Waals surface area contributed by atoms with Crippen LogP contribution in [0.15, 0.2) is 54.3 Å².